The van der Waals surface area contributed by atoms with Crippen LogP contribution in [-0.4, -0.2) is 28.5 Å². The van der Waals surface area contributed by atoms with Crippen LogP contribution in [0.15, 0.2) is 11.0 Å². The van der Waals surface area contributed by atoms with Crippen molar-refractivity contribution in [1.29, 1.82) is 0 Å². The second kappa shape index (κ2) is 5.68. The number of anilines is 1. The van der Waals surface area contributed by atoms with E-state index in [0.717, 1.165) is 24.9 Å². The highest BCUT2D eigenvalue weighted by Gasteiger charge is 2.09. The van der Waals surface area contributed by atoms with E-state index < -0.39 is 0 Å². The fraction of sp³-hybridized carbons (Fsp3) is 0.500. The molecule has 0 saturated carbocycles. The fourth-order valence-corrected chi connectivity index (χ4v) is 1.89. The third-order valence-electron chi connectivity index (χ3n) is 2.88. The molecule has 98 valence electrons. The predicted octanol–water partition coefficient (Wildman–Crippen LogP) is 1.18. The van der Waals surface area contributed by atoms with Crippen molar-refractivity contribution >= 4 is 17.0 Å². The number of fused-ring (bicyclic) bond motifs is 1. The first kappa shape index (κ1) is 12.6. The molecule has 6 nitrogen and oxygen atoms in total. The van der Waals surface area contributed by atoms with Crippen LogP contribution in [0.5, 0.6) is 0 Å². The minimum absolute atomic E-state index is 0.113. The standard InChI is InChI=1S/C12H19N5O/c1-3-4-5-14-6-8-7-15-10-9(8)11(18)17-12(13-2)16-10/h7,14H,3-6H2,1-2H3,(H3,13,15,16,17,18). The van der Waals surface area contributed by atoms with Crippen LogP contribution in [0.1, 0.15) is 25.3 Å². The molecular formula is C12H19N5O. The number of aromatic nitrogens is 3. The lowest BCUT2D eigenvalue weighted by Gasteiger charge is -2.02. The lowest BCUT2D eigenvalue weighted by Crippen LogP contribution is -2.17. The number of nitrogens with zero attached hydrogens (tertiary/aromatic N) is 1. The molecule has 0 aliphatic rings. The predicted molar refractivity (Wildman–Crippen MR) is 72.9 cm³/mol. The number of nitrogens with one attached hydrogen (secondary N) is 4. The Kier molecular flexibility index (Phi) is 3.99. The molecule has 2 rings (SSSR count). The highest BCUT2D eigenvalue weighted by Crippen LogP contribution is 2.12. The molecule has 0 aliphatic heterocycles. The normalized spacial score (nSPS) is 11.0. The summed E-state index contributed by atoms with van der Waals surface area (Å²) >= 11 is 0. The Labute approximate surface area is 105 Å². The molecular weight excluding hydrogens is 230 g/mol. The lowest BCUT2D eigenvalue weighted by molar-refractivity contribution is 0.643. The molecule has 0 amide bonds. The minimum Gasteiger partial charge on any atom is -0.359 e. The van der Waals surface area contributed by atoms with Crippen molar-refractivity contribution in [3.8, 4) is 0 Å². The molecule has 0 atom stereocenters. The van der Waals surface area contributed by atoms with E-state index in [1.807, 2.05) is 6.20 Å². The van der Waals surface area contributed by atoms with Gasteiger partial charge < -0.3 is 15.6 Å². The summed E-state index contributed by atoms with van der Waals surface area (Å²) in [4.78, 5) is 22.0. The second-order valence-electron chi connectivity index (χ2n) is 4.23. The highest BCUT2D eigenvalue weighted by molar-refractivity contribution is 5.79. The molecule has 0 radical (unpaired) electrons. The highest BCUT2D eigenvalue weighted by atomic mass is 16.1. The van der Waals surface area contributed by atoms with Gasteiger partial charge in [-0.15, -0.1) is 0 Å². The smallest absolute Gasteiger partial charge is 0.262 e. The van der Waals surface area contributed by atoms with Crippen molar-refractivity contribution in [2.75, 3.05) is 18.9 Å². The van der Waals surface area contributed by atoms with Crippen LogP contribution in [0.25, 0.3) is 11.0 Å². The number of hydrogen-bond acceptors (Lipinski definition) is 4. The molecule has 2 aromatic rings. The molecule has 2 aromatic heterocycles. The summed E-state index contributed by atoms with van der Waals surface area (Å²) in [6.45, 7) is 3.80. The maximum atomic E-state index is 11.9. The fourth-order valence-electron chi connectivity index (χ4n) is 1.89. The summed E-state index contributed by atoms with van der Waals surface area (Å²) in [6, 6.07) is 0. The van der Waals surface area contributed by atoms with Crippen molar-refractivity contribution in [3.63, 3.8) is 0 Å². The van der Waals surface area contributed by atoms with Gasteiger partial charge in [0.1, 0.15) is 5.65 Å². The largest absolute Gasteiger partial charge is 0.359 e. The van der Waals surface area contributed by atoms with Crippen LogP contribution >= 0.6 is 0 Å². The number of rotatable bonds is 6. The molecule has 0 unspecified atom stereocenters. The molecule has 0 saturated heterocycles. The first-order valence-corrected chi connectivity index (χ1v) is 6.25. The summed E-state index contributed by atoms with van der Waals surface area (Å²) < 4.78 is 0. The van der Waals surface area contributed by atoms with E-state index in [1.54, 1.807) is 7.05 Å². The molecule has 0 aliphatic carbocycles. The first-order chi connectivity index (χ1) is 8.76. The van der Waals surface area contributed by atoms with E-state index >= 15 is 0 Å². The van der Waals surface area contributed by atoms with Gasteiger partial charge in [-0.2, -0.15) is 4.98 Å². The summed E-state index contributed by atoms with van der Waals surface area (Å²) in [7, 11) is 1.72. The molecule has 0 fully saturated rings. The molecule has 6 heteroatoms. The van der Waals surface area contributed by atoms with Crippen LogP contribution < -0.4 is 16.2 Å². The van der Waals surface area contributed by atoms with E-state index in [0.29, 0.717) is 23.5 Å². The van der Waals surface area contributed by atoms with Crippen LogP contribution in [0.2, 0.25) is 0 Å². The van der Waals surface area contributed by atoms with Crippen molar-refractivity contribution in [3.05, 3.63) is 22.1 Å². The van der Waals surface area contributed by atoms with Gasteiger partial charge in [-0.1, -0.05) is 13.3 Å². The van der Waals surface area contributed by atoms with E-state index in [1.165, 1.54) is 0 Å². The summed E-state index contributed by atoms with van der Waals surface area (Å²) in [5, 5.41) is 6.78. The van der Waals surface area contributed by atoms with Crippen LogP contribution in [0.4, 0.5) is 5.95 Å². The Morgan fingerprint density at radius 1 is 1.44 bits per heavy atom. The van der Waals surface area contributed by atoms with E-state index in [9.17, 15) is 4.79 Å². The Morgan fingerprint density at radius 2 is 2.28 bits per heavy atom. The quantitative estimate of drug-likeness (QED) is 0.579. The molecule has 0 spiro atoms. The minimum atomic E-state index is -0.113. The molecule has 4 N–H and O–H groups in total. The van der Waals surface area contributed by atoms with Gasteiger partial charge in [-0.3, -0.25) is 9.78 Å². The van der Waals surface area contributed by atoms with Gasteiger partial charge in [0.25, 0.3) is 5.56 Å². The molecule has 2 heterocycles. The Hall–Kier alpha value is -1.82. The van der Waals surface area contributed by atoms with Gasteiger partial charge in [-0.25, -0.2) is 0 Å². The number of H-pyrrole nitrogens is 2. The average molecular weight is 249 g/mol. The molecule has 0 bridgehead atoms. The summed E-state index contributed by atoms with van der Waals surface area (Å²) in [5.41, 5.74) is 1.46. The molecule has 0 aromatic carbocycles. The van der Waals surface area contributed by atoms with Gasteiger partial charge in [-0.05, 0) is 18.5 Å². The zero-order chi connectivity index (χ0) is 13.0. The molecule has 18 heavy (non-hydrogen) atoms. The second-order valence-corrected chi connectivity index (χ2v) is 4.23. The SMILES string of the molecule is CCCCNCc1c[nH]c2nc(NC)[nH]c(=O)c12. The van der Waals surface area contributed by atoms with E-state index in [4.69, 9.17) is 0 Å². The summed E-state index contributed by atoms with van der Waals surface area (Å²) in [6.07, 6.45) is 4.14. The van der Waals surface area contributed by atoms with Crippen LogP contribution in [0, 0.1) is 0 Å². The van der Waals surface area contributed by atoms with Gasteiger partial charge in [0.15, 0.2) is 0 Å². The van der Waals surface area contributed by atoms with Crippen molar-refractivity contribution < 1.29 is 0 Å². The maximum Gasteiger partial charge on any atom is 0.262 e. The van der Waals surface area contributed by atoms with Crippen molar-refractivity contribution in [2.24, 2.45) is 0 Å². The van der Waals surface area contributed by atoms with Gasteiger partial charge in [0.2, 0.25) is 5.95 Å². The first-order valence-electron chi connectivity index (χ1n) is 6.25. The van der Waals surface area contributed by atoms with Crippen molar-refractivity contribution in [2.45, 2.75) is 26.3 Å². The van der Waals surface area contributed by atoms with Gasteiger partial charge in [0, 0.05) is 19.8 Å². The van der Waals surface area contributed by atoms with Crippen LogP contribution in [-0.2, 0) is 6.54 Å². The Morgan fingerprint density at radius 3 is 3.00 bits per heavy atom. The number of unbranched alkanes of at least 4 members (excludes halogenated alkanes) is 1. The van der Waals surface area contributed by atoms with Gasteiger partial charge in [0.05, 0.1) is 5.39 Å². The Balaban J connectivity index is 2.22. The van der Waals surface area contributed by atoms with E-state index in [2.05, 4.69) is 32.5 Å². The number of hydrogen-bond donors (Lipinski definition) is 4. The third kappa shape index (κ3) is 2.53. The topological polar surface area (TPSA) is 85.6 Å². The van der Waals surface area contributed by atoms with Gasteiger partial charge >= 0.3 is 0 Å². The third-order valence-corrected chi connectivity index (χ3v) is 2.88. The monoisotopic (exact) mass is 249 g/mol. The maximum absolute atomic E-state index is 11.9. The lowest BCUT2D eigenvalue weighted by atomic mass is 10.2. The zero-order valence-electron chi connectivity index (χ0n) is 10.8. The number of aromatic amines is 2. The average Bonchev–Trinajstić information content (AvgIpc) is 2.78. The summed E-state index contributed by atoms with van der Waals surface area (Å²) in [5.74, 6) is 0.472. The Bertz CT molecular complexity index is 571. The van der Waals surface area contributed by atoms with Crippen LogP contribution in [0.3, 0.4) is 0 Å². The van der Waals surface area contributed by atoms with Crippen molar-refractivity contribution in [1.82, 2.24) is 20.3 Å². The van der Waals surface area contributed by atoms with E-state index in [-0.39, 0.29) is 5.56 Å². The zero-order valence-corrected chi connectivity index (χ0v) is 10.8.